The molecule has 128 valence electrons. The van der Waals surface area contributed by atoms with Gasteiger partial charge in [0.25, 0.3) is 10.0 Å². The number of nitrogens with zero attached hydrogens (tertiary/aromatic N) is 3. The van der Waals surface area contributed by atoms with Crippen LogP contribution in [0.5, 0.6) is 0 Å². The molecule has 0 fully saturated rings. The van der Waals surface area contributed by atoms with Crippen molar-refractivity contribution in [1.82, 2.24) is 9.55 Å². The summed E-state index contributed by atoms with van der Waals surface area (Å²) >= 11 is 0. The summed E-state index contributed by atoms with van der Waals surface area (Å²) in [6.45, 7) is 0. The molecular formula is C14H15N3O5S2. The van der Waals surface area contributed by atoms with Crippen molar-refractivity contribution in [1.29, 1.82) is 0 Å². The molecule has 24 heavy (non-hydrogen) atoms. The Morgan fingerprint density at radius 2 is 1.71 bits per heavy atom. The number of sulfone groups is 1. The molecule has 0 N–H and O–H groups in total. The molecule has 1 aliphatic heterocycles. The first-order chi connectivity index (χ1) is 11.1. The van der Waals surface area contributed by atoms with Crippen LogP contribution in [0.25, 0.3) is 0 Å². The number of Topliss-reactive ketones (excluding diaryl/α,β-unsaturated/α-hetero) is 1. The highest BCUT2D eigenvalue weighted by atomic mass is 32.2. The van der Waals surface area contributed by atoms with Gasteiger partial charge < -0.3 is 4.57 Å². The minimum Gasteiger partial charge on any atom is -0.314 e. The Balaban J connectivity index is 2.32. The molecule has 8 nitrogen and oxygen atoms in total. The highest BCUT2D eigenvalue weighted by Crippen LogP contribution is 2.39. The van der Waals surface area contributed by atoms with Gasteiger partial charge in [-0.05, 0) is 5.56 Å². The number of carbonyl (C=O) groups excluding carboxylic acids is 1. The molecule has 3 rings (SSSR count). The van der Waals surface area contributed by atoms with E-state index in [9.17, 15) is 21.6 Å². The van der Waals surface area contributed by atoms with Gasteiger partial charge in [0.2, 0.25) is 20.8 Å². The lowest BCUT2D eigenvalue weighted by Gasteiger charge is -2.29. The van der Waals surface area contributed by atoms with Crippen LogP contribution in [0.1, 0.15) is 21.3 Å². The predicted molar refractivity (Wildman–Crippen MR) is 87.2 cm³/mol. The van der Waals surface area contributed by atoms with Crippen LogP contribution in [0.2, 0.25) is 0 Å². The normalized spacial score (nSPS) is 20.0. The van der Waals surface area contributed by atoms with Gasteiger partial charge in [-0.15, -0.1) is 0 Å². The van der Waals surface area contributed by atoms with Crippen LogP contribution < -0.4 is 4.31 Å². The number of rotatable bonds is 2. The van der Waals surface area contributed by atoms with Crippen LogP contribution in [-0.4, -0.2) is 45.5 Å². The number of anilines is 1. The molecule has 2 heterocycles. The number of imidazole rings is 1. The highest BCUT2D eigenvalue weighted by Gasteiger charge is 2.47. The van der Waals surface area contributed by atoms with Crippen molar-refractivity contribution in [2.24, 2.45) is 7.05 Å². The van der Waals surface area contributed by atoms with Crippen molar-refractivity contribution in [3.8, 4) is 0 Å². The quantitative estimate of drug-likeness (QED) is 0.764. The van der Waals surface area contributed by atoms with Crippen molar-refractivity contribution >= 4 is 31.5 Å². The summed E-state index contributed by atoms with van der Waals surface area (Å²) in [5, 5.41) is -1.78. The molecule has 0 amide bonds. The monoisotopic (exact) mass is 369 g/mol. The van der Waals surface area contributed by atoms with Gasteiger partial charge >= 0.3 is 0 Å². The highest BCUT2D eigenvalue weighted by molar-refractivity contribution is 7.94. The summed E-state index contributed by atoms with van der Waals surface area (Å²) in [6, 6.07) is 8.08. The SMILES string of the molecule is CN1c2nc(S(C)(=O)=O)n(C)c2C(=O)C(c2ccccc2)S1(=O)=O. The first-order valence-electron chi connectivity index (χ1n) is 6.90. The fourth-order valence-corrected chi connectivity index (χ4v) is 5.19. The number of hydrogen-bond acceptors (Lipinski definition) is 6. The second-order valence-corrected chi connectivity index (χ2v) is 9.52. The molecule has 10 heteroatoms. The number of aromatic nitrogens is 2. The third kappa shape index (κ3) is 2.25. The molecule has 0 bridgehead atoms. The fourth-order valence-electron chi connectivity index (χ4n) is 2.78. The Labute approximate surface area is 139 Å². The molecule has 1 unspecified atom stereocenters. The van der Waals surface area contributed by atoms with Crippen LogP contribution in [-0.2, 0) is 26.9 Å². The smallest absolute Gasteiger partial charge is 0.250 e. The summed E-state index contributed by atoms with van der Waals surface area (Å²) in [5.41, 5.74) is 0.281. The maximum atomic E-state index is 12.9. The summed E-state index contributed by atoms with van der Waals surface area (Å²) in [6.07, 6.45) is 0.953. The number of sulfonamides is 1. The van der Waals surface area contributed by atoms with E-state index in [0.29, 0.717) is 5.56 Å². The number of hydrogen-bond donors (Lipinski definition) is 0. The number of benzene rings is 1. The van der Waals surface area contributed by atoms with Crippen LogP contribution in [0.3, 0.4) is 0 Å². The largest absolute Gasteiger partial charge is 0.314 e. The second-order valence-electron chi connectivity index (χ2n) is 5.57. The molecule has 1 aliphatic rings. The maximum Gasteiger partial charge on any atom is 0.250 e. The maximum absolute atomic E-state index is 12.9. The Bertz CT molecular complexity index is 1040. The van der Waals surface area contributed by atoms with Gasteiger partial charge in [0.1, 0.15) is 5.69 Å². The van der Waals surface area contributed by atoms with Gasteiger partial charge in [-0.1, -0.05) is 30.3 Å². The molecular weight excluding hydrogens is 354 g/mol. The van der Waals surface area contributed by atoms with Crippen LogP contribution in [0.4, 0.5) is 5.82 Å². The average molecular weight is 369 g/mol. The van der Waals surface area contributed by atoms with Gasteiger partial charge in [-0.25, -0.2) is 16.8 Å². The molecule has 1 atom stereocenters. The van der Waals surface area contributed by atoms with Gasteiger partial charge in [0.15, 0.2) is 11.1 Å². The zero-order chi connectivity index (χ0) is 17.9. The first-order valence-corrected chi connectivity index (χ1v) is 10.3. The minimum atomic E-state index is -4.05. The van der Waals surface area contributed by atoms with E-state index < -0.39 is 30.9 Å². The number of ketones is 1. The Kier molecular flexibility index (Phi) is 3.57. The molecule has 1 aromatic heterocycles. The van der Waals surface area contributed by atoms with Crippen LogP contribution in [0, 0.1) is 0 Å². The Morgan fingerprint density at radius 3 is 2.25 bits per heavy atom. The first kappa shape index (κ1) is 16.7. The van der Waals surface area contributed by atoms with Crippen molar-refractivity contribution < 1.29 is 21.6 Å². The average Bonchev–Trinajstić information content (AvgIpc) is 2.84. The topological polar surface area (TPSA) is 106 Å². The summed E-state index contributed by atoms with van der Waals surface area (Å²) in [5.74, 6) is -0.866. The van der Waals surface area contributed by atoms with E-state index >= 15 is 0 Å². The van der Waals surface area contributed by atoms with Crippen molar-refractivity contribution in [2.75, 3.05) is 17.6 Å². The van der Waals surface area contributed by atoms with E-state index in [0.717, 1.165) is 15.1 Å². The van der Waals surface area contributed by atoms with Gasteiger partial charge in [0, 0.05) is 20.4 Å². The number of fused-ring (bicyclic) bond motifs is 1. The third-order valence-electron chi connectivity index (χ3n) is 3.92. The molecule has 0 saturated carbocycles. The van der Waals surface area contributed by atoms with Crippen molar-refractivity contribution in [3.05, 3.63) is 41.6 Å². The van der Waals surface area contributed by atoms with E-state index in [2.05, 4.69) is 4.98 Å². The summed E-state index contributed by atoms with van der Waals surface area (Å²) in [7, 11) is -5.13. The van der Waals surface area contributed by atoms with E-state index in [1.807, 2.05) is 0 Å². The van der Waals surface area contributed by atoms with E-state index in [1.54, 1.807) is 30.3 Å². The van der Waals surface area contributed by atoms with Crippen molar-refractivity contribution in [2.45, 2.75) is 10.4 Å². The molecule has 0 radical (unpaired) electrons. The predicted octanol–water partition coefficient (Wildman–Crippen LogP) is 0.527. The molecule has 2 aromatic rings. The molecule has 0 aliphatic carbocycles. The molecule has 0 saturated heterocycles. The summed E-state index contributed by atoms with van der Waals surface area (Å²) in [4.78, 5) is 16.8. The standard InChI is InChI=1S/C14H15N3O5S2/c1-16-10-11(18)12(9-7-5-4-6-8-9)24(21,22)17(2)13(10)15-14(16)23(3,19)20/h4-8,12H,1-3H3. The van der Waals surface area contributed by atoms with Gasteiger partial charge in [0.05, 0.1) is 0 Å². The molecule has 1 aromatic carbocycles. The Morgan fingerprint density at radius 1 is 1.12 bits per heavy atom. The van der Waals surface area contributed by atoms with Crippen LogP contribution in [0.15, 0.2) is 35.5 Å². The fraction of sp³-hybridized carbons (Fsp3) is 0.286. The van der Waals surface area contributed by atoms with E-state index in [1.165, 1.54) is 14.1 Å². The van der Waals surface area contributed by atoms with Crippen molar-refractivity contribution in [3.63, 3.8) is 0 Å². The Hall–Kier alpha value is -2.20. The zero-order valence-electron chi connectivity index (χ0n) is 13.2. The zero-order valence-corrected chi connectivity index (χ0v) is 14.8. The van der Waals surface area contributed by atoms with E-state index in [4.69, 9.17) is 0 Å². The summed E-state index contributed by atoms with van der Waals surface area (Å²) < 4.78 is 51.2. The lowest BCUT2D eigenvalue weighted by molar-refractivity contribution is 0.0977. The van der Waals surface area contributed by atoms with E-state index in [-0.39, 0.29) is 16.7 Å². The lowest BCUT2D eigenvalue weighted by atomic mass is 10.1. The number of carbonyl (C=O) groups is 1. The van der Waals surface area contributed by atoms with Gasteiger partial charge in [-0.2, -0.15) is 4.98 Å². The lowest BCUT2D eigenvalue weighted by Crippen LogP contribution is -2.41. The van der Waals surface area contributed by atoms with Crippen LogP contribution >= 0.6 is 0 Å². The minimum absolute atomic E-state index is 0.0402. The van der Waals surface area contributed by atoms with Gasteiger partial charge in [-0.3, -0.25) is 9.10 Å². The second kappa shape index (κ2) is 5.15. The molecule has 0 spiro atoms. The third-order valence-corrected chi connectivity index (χ3v) is 6.97.